The lowest BCUT2D eigenvalue weighted by atomic mass is 10.0. The number of benzene rings is 2. The van der Waals surface area contributed by atoms with Gasteiger partial charge in [0.2, 0.25) is 0 Å². The maximum atomic E-state index is 12.2. The summed E-state index contributed by atoms with van der Waals surface area (Å²) in [6, 6.07) is 15.9. The minimum Gasteiger partial charge on any atom is -0.508 e. The molecule has 0 amide bonds. The van der Waals surface area contributed by atoms with Gasteiger partial charge in [-0.3, -0.25) is 9.78 Å². The third-order valence-electron chi connectivity index (χ3n) is 4.15. The van der Waals surface area contributed by atoms with Gasteiger partial charge in [-0.1, -0.05) is 12.1 Å². The summed E-state index contributed by atoms with van der Waals surface area (Å²) in [5, 5.41) is 9.30. The lowest BCUT2D eigenvalue weighted by Gasteiger charge is -2.13. The first-order valence-corrected chi connectivity index (χ1v) is 8.68. The van der Waals surface area contributed by atoms with E-state index in [-0.39, 0.29) is 11.5 Å². The molecule has 3 rings (SSSR count). The molecule has 1 heterocycles. The zero-order chi connectivity index (χ0) is 19.2. The molecule has 1 aromatic heterocycles. The fraction of sp³-hybridized carbons (Fsp3) is 0.130. The second-order valence-corrected chi connectivity index (χ2v) is 6.34. The molecule has 0 spiro atoms. The summed E-state index contributed by atoms with van der Waals surface area (Å²) < 4.78 is 5.94. The highest BCUT2D eigenvalue weighted by molar-refractivity contribution is 6.06. The molecular formula is C23H21NO3. The highest BCUT2D eigenvalue weighted by Gasteiger charge is 2.07. The van der Waals surface area contributed by atoms with Crippen molar-refractivity contribution in [2.75, 3.05) is 0 Å². The van der Waals surface area contributed by atoms with E-state index in [1.165, 1.54) is 18.2 Å². The summed E-state index contributed by atoms with van der Waals surface area (Å²) in [5.41, 5.74) is 4.35. The van der Waals surface area contributed by atoms with Crippen molar-refractivity contribution in [3.8, 4) is 11.5 Å². The molecule has 0 saturated carbocycles. The van der Waals surface area contributed by atoms with Crippen LogP contribution < -0.4 is 4.74 Å². The zero-order valence-corrected chi connectivity index (χ0v) is 15.3. The van der Waals surface area contributed by atoms with E-state index in [9.17, 15) is 9.90 Å². The maximum absolute atomic E-state index is 12.2. The number of allylic oxidation sites excluding steroid dienone is 1. The number of phenols is 1. The summed E-state index contributed by atoms with van der Waals surface area (Å²) in [7, 11) is 0. The Labute approximate surface area is 158 Å². The fourth-order valence-electron chi connectivity index (χ4n) is 2.83. The number of hydrogen-bond donors (Lipinski definition) is 1. The monoisotopic (exact) mass is 359 g/mol. The number of phenolic OH excluding ortho intramolecular Hbond substituents is 1. The summed E-state index contributed by atoms with van der Waals surface area (Å²) >= 11 is 0. The van der Waals surface area contributed by atoms with Crippen LogP contribution in [-0.4, -0.2) is 15.9 Å². The number of rotatable bonds is 6. The molecule has 0 radical (unpaired) electrons. The first-order valence-electron chi connectivity index (χ1n) is 8.68. The van der Waals surface area contributed by atoms with Gasteiger partial charge in [0, 0.05) is 11.8 Å². The summed E-state index contributed by atoms with van der Waals surface area (Å²) in [4.78, 5) is 16.5. The van der Waals surface area contributed by atoms with Gasteiger partial charge in [-0.2, -0.15) is 0 Å². The summed E-state index contributed by atoms with van der Waals surface area (Å²) in [6.07, 6.45) is 5.07. The molecule has 2 aromatic carbocycles. The third-order valence-corrected chi connectivity index (χ3v) is 4.15. The molecule has 3 aromatic rings. The first kappa shape index (κ1) is 18.4. The Balaban J connectivity index is 1.72. The lowest BCUT2D eigenvalue weighted by Crippen LogP contribution is -2.01. The lowest BCUT2D eigenvalue weighted by molar-refractivity contribution is 0.104. The Morgan fingerprint density at radius 3 is 2.41 bits per heavy atom. The second kappa shape index (κ2) is 8.32. The highest BCUT2D eigenvalue weighted by atomic mass is 16.5. The van der Waals surface area contributed by atoms with Gasteiger partial charge >= 0.3 is 0 Å². The van der Waals surface area contributed by atoms with Crippen LogP contribution in [0.4, 0.5) is 0 Å². The number of hydrogen-bond acceptors (Lipinski definition) is 4. The number of nitrogens with zero attached hydrogens (tertiary/aromatic N) is 1. The van der Waals surface area contributed by atoms with Crippen LogP contribution in [0.5, 0.6) is 11.5 Å². The van der Waals surface area contributed by atoms with E-state index in [4.69, 9.17) is 4.74 Å². The van der Waals surface area contributed by atoms with Gasteiger partial charge in [0.15, 0.2) is 5.78 Å². The largest absolute Gasteiger partial charge is 0.508 e. The van der Waals surface area contributed by atoms with Crippen molar-refractivity contribution in [1.29, 1.82) is 0 Å². The summed E-state index contributed by atoms with van der Waals surface area (Å²) in [6.45, 7) is 4.39. The summed E-state index contributed by atoms with van der Waals surface area (Å²) in [5.74, 6) is 0.867. The fourth-order valence-corrected chi connectivity index (χ4v) is 2.83. The quantitative estimate of drug-likeness (QED) is 0.503. The predicted octanol–water partition coefficient (Wildman–Crippen LogP) is 4.88. The smallest absolute Gasteiger partial charge is 0.185 e. The van der Waals surface area contributed by atoms with Crippen LogP contribution in [0.25, 0.3) is 6.08 Å². The average molecular weight is 359 g/mol. The minimum absolute atomic E-state index is 0.110. The molecule has 0 fully saturated rings. The Morgan fingerprint density at radius 1 is 1.07 bits per heavy atom. The van der Waals surface area contributed by atoms with E-state index >= 15 is 0 Å². The normalized spacial score (nSPS) is 10.9. The number of ketones is 1. The van der Waals surface area contributed by atoms with E-state index in [1.54, 1.807) is 24.4 Å². The van der Waals surface area contributed by atoms with Crippen LogP contribution >= 0.6 is 0 Å². The maximum Gasteiger partial charge on any atom is 0.185 e. The van der Waals surface area contributed by atoms with Crippen LogP contribution in [0.15, 0.2) is 66.9 Å². The van der Waals surface area contributed by atoms with Crippen molar-refractivity contribution >= 4 is 11.9 Å². The molecular weight excluding hydrogens is 338 g/mol. The molecule has 0 aliphatic rings. The Bertz CT molecular complexity index is 938. The predicted molar refractivity (Wildman–Crippen MR) is 106 cm³/mol. The molecule has 0 bridgehead atoms. The highest BCUT2D eigenvalue weighted by Crippen LogP contribution is 2.26. The molecule has 0 aliphatic carbocycles. The number of aromatic nitrogens is 1. The van der Waals surface area contributed by atoms with Crippen molar-refractivity contribution in [3.63, 3.8) is 0 Å². The van der Waals surface area contributed by atoms with Crippen molar-refractivity contribution in [1.82, 2.24) is 4.98 Å². The molecule has 27 heavy (non-hydrogen) atoms. The topological polar surface area (TPSA) is 59.4 Å². The molecule has 1 N–H and O–H groups in total. The standard InChI is InChI=1S/C23H21NO3/c1-16-13-18(6-11-22(26)19-7-9-21(25)10-8-19)14-17(2)23(16)27-15-20-5-3-4-12-24-20/h3-14,25H,15H2,1-2H3/b11-6+. The van der Waals surface area contributed by atoms with Gasteiger partial charge in [0.1, 0.15) is 18.1 Å². The van der Waals surface area contributed by atoms with Gasteiger partial charge in [-0.15, -0.1) is 0 Å². The van der Waals surface area contributed by atoms with Crippen molar-refractivity contribution in [2.45, 2.75) is 20.5 Å². The number of aromatic hydroxyl groups is 1. The van der Waals surface area contributed by atoms with E-state index in [1.807, 2.05) is 44.2 Å². The Morgan fingerprint density at radius 2 is 1.78 bits per heavy atom. The van der Waals surface area contributed by atoms with Crippen LogP contribution in [0.2, 0.25) is 0 Å². The number of carbonyl (C=O) groups excluding carboxylic acids is 1. The van der Waals surface area contributed by atoms with Gasteiger partial charge < -0.3 is 9.84 Å². The molecule has 136 valence electrons. The van der Waals surface area contributed by atoms with Gasteiger partial charge in [0.25, 0.3) is 0 Å². The average Bonchev–Trinajstić information content (AvgIpc) is 2.67. The van der Waals surface area contributed by atoms with Gasteiger partial charge in [-0.25, -0.2) is 0 Å². The Kier molecular flexibility index (Phi) is 5.67. The molecule has 0 saturated heterocycles. The number of ether oxygens (including phenoxy) is 1. The first-order chi connectivity index (χ1) is 13.0. The minimum atomic E-state index is -0.110. The van der Waals surface area contributed by atoms with E-state index < -0.39 is 0 Å². The van der Waals surface area contributed by atoms with Crippen molar-refractivity contribution in [3.05, 3.63) is 94.8 Å². The number of carbonyl (C=O) groups is 1. The van der Waals surface area contributed by atoms with Crippen LogP contribution in [-0.2, 0) is 6.61 Å². The zero-order valence-electron chi connectivity index (χ0n) is 15.3. The van der Waals surface area contributed by atoms with Crippen LogP contribution in [0.3, 0.4) is 0 Å². The van der Waals surface area contributed by atoms with Crippen LogP contribution in [0.1, 0.15) is 32.7 Å². The SMILES string of the molecule is Cc1cc(/C=C/C(=O)c2ccc(O)cc2)cc(C)c1OCc1ccccn1. The third kappa shape index (κ3) is 4.82. The van der Waals surface area contributed by atoms with Crippen molar-refractivity contribution in [2.24, 2.45) is 0 Å². The van der Waals surface area contributed by atoms with Crippen LogP contribution in [0, 0.1) is 13.8 Å². The Hall–Kier alpha value is -3.40. The van der Waals surface area contributed by atoms with E-state index in [0.29, 0.717) is 12.2 Å². The molecule has 4 heteroatoms. The van der Waals surface area contributed by atoms with Crippen molar-refractivity contribution < 1.29 is 14.6 Å². The number of aryl methyl sites for hydroxylation is 2. The molecule has 0 unspecified atom stereocenters. The molecule has 0 aliphatic heterocycles. The molecule has 4 nitrogen and oxygen atoms in total. The second-order valence-electron chi connectivity index (χ2n) is 6.34. The van der Waals surface area contributed by atoms with Gasteiger partial charge in [-0.05, 0) is 85.1 Å². The van der Waals surface area contributed by atoms with Gasteiger partial charge in [0.05, 0.1) is 5.69 Å². The van der Waals surface area contributed by atoms with E-state index in [0.717, 1.165) is 28.1 Å². The van der Waals surface area contributed by atoms with E-state index in [2.05, 4.69) is 4.98 Å². The molecule has 0 atom stereocenters. The number of pyridine rings is 1.